The van der Waals surface area contributed by atoms with Gasteiger partial charge in [-0.3, -0.25) is 0 Å². The zero-order valence-electron chi connectivity index (χ0n) is 61.6. The summed E-state index contributed by atoms with van der Waals surface area (Å²) in [5.41, 5.74) is 32.4. The van der Waals surface area contributed by atoms with Gasteiger partial charge in [0.15, 0.2) is 0 Å². The van der Waals surface area contributed by atoms with Crippen LogP contribution in [0.4, 0.5) is 34.1 Å². The van der Waals surface area contributed by atoms with Crippen LogP contribution in [0.2, 0.25) is 0 Å². The summed E-state index contributed by atoms with van der Waals surface area (Å²) in [4.78, 5) is 0. The fourth-order valence-corrected chi connectivity index (χ4v) is 20.2. The molecule has 109 heavy (non-hydrogen) atoms. The second-order valence-corrected chi connectivity index (χ2v) is 33.0. The highest BCUT2D eigenvalue weighted by Gasteiger charge is 2.39. The molecule has 6 heteroatoms. The summed E-state index contributed by atoms with van der Waals surface area (Å²) in [6, 6.07) is 123. The van der Waals surface area contributed by atoms with Crippen molar-refractivity contribution in [2.75, 3.05) is 16.0 Å². The summed E-state index contributed by atoms with van der Waals surface area (Å²) >= 11 is 3.71. The Morgan fingerprint density at radius 2 is 0.615 bits per heavy atom. The highest BCUT2D eigenvalue weighted by molar-refractivity contribution is 7.26. The fourth-order valence-electron chi connectivity index (χ4n) is 17.9. The molecule has 0 bridgehead atoms. The first-order valence-electron chi connectivity index (χ1n) is 37.8. The number of nitrogens with one attached hydrogen (secondary N) is 3. The minimum absolute atomic E-state index is 0.0262. The Morgan fingerprint density at radius 1 is 0.220 bits per heavy atom. The first kappa shape index (κ1) is 65.9. The van der Waals surface area contributed by atoms with E-state index in [1.54, 1.807) is 0 Å². The van der Waals surface area contributed by atoms with Gasteiger partial charge in [0.25, 0.3) is 0 Å². The molecule has 16 aromatic carbocycles. The number of para-hydroxylation sites is 1. The van der Waals surface area contributed by atoms with Crippen LogP contribution in [0.5, 0.6) is 0 Å². The lowest BCUT2D eigenvalue weighted by atomic mass is 9.81. The van der Waals surface area contributed by atoms with Crippen molar-refractivity contribution >= 4 is 130 Å². The summed E-state index contributed by atoms with van der Waals surface area (Å²) in [7, 11) is 0. The molecule has 3 N–H and O–H groups in total. The monoisotopic (exact) mass is 1440 g/mol. The maximum absolute atomic E-state index is 6.19. The Kier molecular flexibility index (Phi) is 15.6. The number of fused-ring (bicyclic) bond motifs is 19. The molecule has 522 valence electrons. The number of benzene rings is 16. The van der Waals surface area contributed by atoms with E-state index in [1.165, 1.54) is 168 Å². The molecule has 0 saturated heterocycles. The molecule has 22 rings (SSSR count). The normalized spacial score (nSPS) is 13.6. The van der Waals surface area contributed by atoms with Gasteiger partial charge in [0.1, 0.15) is 11.2 Å². The molecule has 0 spiro atoms. The van der Waals surface area contributed by atoms with E-state index in [0.717, 1.165) is 39.3 Å². The Balaban J connectivity index is 0.000000108. The highest BCUT2D eigenvalue weighted by Crippen LogP contribution is 2.55. The van der Waals surface area contributed by atoms with E-state index in [0.29, 0.717) is 0 Å². The third-order valence-corrected chi connectivity index (χ3v) is 25.7. The van der Waals surface area contributed by atoms with Crippen LogP contribution in [0, 0.1) is 0 Å². The third kappa shape index (κ3) is 11.1. The quantitative estimate of drug-likeness (QED) is 0.135. The maximum atomic E-state index is 6.19. The molecule has 0 unspecified atom stereocenters. The molecule has 3 aliphatic carbocycles. The van der Waals surface area contributed by atoms with Crippen LogP contribution in [0.15, 0.2) is 344 Å². The lowest BCUT2D eigenvalue weighted by Gasteiger charge is -2.23. The molecular formula is C103H77N3OS2. The van der Waals surface area contributed by atoms with E-state index < -0.39 is 0 Å². The van der Waals surface area contributed by atoms with Crippen LogP contribution in [-0.2, 0) is 16.2 Å². The first-order valence-corrected chi connectivity index (χ1v) is 39.4. The van der Waals surface area contributed by atoms with Crippen molar-refractivity contribution in [3.63, 3.8) is 0 Å². The lowest BCUT2D eigenvalue weighted by Crippen LogP contribution is -2.15. The van der Waals surface area contributed by atoms with Crippen molar-refractivity contribution in [3.8, 4) is 66.8 Å². The number of thiophene rings is 2. The molecule has 4 nitrogen and oxygen atoms in total. The number of rotatable bonds is 9. The van der Waals surface area contributed by atoms with Gasteiger partial charge in [0.2, 0.25) is 0 Å². The Hall–Kier alpha value is -12.6. The van der Waals surface area contributed by atoms with E-state index in [1.807, 2.05) is 34.8 Å². The molecule has 3 aliphatic rings. The first-order chi connectivity index (χ1) is 53.3. The van der Waals surface area contributed by atoms with Gasteiger partial charge in [0, 0.05) is 107 Å². The van der Waals surface area contributed by atoms with Crippen molar-refractivity contribution in [3.05, 3.63) is 373 Å². The van der Waals surface area contributed by atoms with Gasteiger partial charge in [-0.1, -0.05) is 278 Å². The number of hydrogen-bond acceptors (Lipinski definition) is 6. The van der Waals surface area contributed by atoms with E-state index in [2.05, 4.69) is 385 Å². The second-order valence-electron chi connectivity index (χ2n) is 30.9. The van der Waals surface area contributed by atoms with Gasteiger partial charge < -0.3 is 20.4 Å². The van der Waals surface area contributed by atoms with Gasteiger partial charge >= 0.3 is 0 Å². The Bertz CT molecular complexity index is 6870. The third-order valence-electron chi connectivity index (χ3n) is 23.4. The summed E-state index contributed by atoms with van der Waals surface area (Å²) in [6.07, 6.45) is 0. The molecule has 19 aromatic rings. The Labute approximate surface area is 643 Å². The fraction of sp³-hybridized carbons (Fsp3) is 0.0874. The van der Waals surface area contributed by atoms with E-state index >= 15 is 0 Å². The van der Waals surface area contributed by atoms with Crippen molar-refractivity contribution in [1.29, 1.82) is 0 Å². The van der Waals surface area contributed by atoms with Crippen molar-refractivity contribution in [1.82, 2.24) is 0 Å². The van der Waals surface area contributed by atoms with E-state index in [9.17, 15) is 0 Å². The molecule has 3 heterocycles. The van der Waals surface area contributed by atoms with Crippen molar-refractivity contribution < 1.29 is 4.42 Å². The second kappa shape index (κ2) is 25.8. The van der Waals surface area contributed by atoms with Gasteiger partial charge in [0.05, 0.1) is 0 Å². The van der Waals surface area contributed by atoms with Crippen molar-refractivity contribution in [2.24, 2.45) is 0 Å². The van der Waals surface area contributed by atoms with Gasteiger partial charge in [-0.05, 0) is 209 Å². The molecule has 0 aliphatic heterocycles. The topological polar surface area (TPSA) is 49.2 Å². The number of hydrogen-bond donors (Lipinski definition) is 3. The van der Waals surface area contributed by atoms with E-state index in [4.69, 9.17) is 4.42 Å². The summed E-state index contributed by atoms with van der Waals surface area (Å²) in [5.74, 6) is 0. The van der Waals surface area contributed by atoms with Crippen LogP contribution < -0.4 is 16.0 Å². The Morgan fingerprint density at radius 3 is 1.21 bits per heavy atom. The number of furan rings is 1. The predicted molar refractivity (Wildman–Crippen MR) is 468 cm³/mol. The highest BCUT2D eigenvalue weighted by atomic mass is 32.1. The smallest absolute Gasteiger partial charge is 0.136 e. The summed E-state index contributed by atoms with van der Waals surface area (Å²) < 4.78 is 11.5. The van der Waals surface area contributed by atoms with Crippen LogP contribution >= 0.6 is 22.7 Å². The molecule has 0 radical (unpaired) electrons. The van der Waals surface area contributed by atoms with Gasteiger partial charge in [-0.25, -0.2) is 0 Å². The average molecular weight is 1440 g/mol. The molecule has 0 amide bonds. The predicted octanol–water partition coefficient (Wildman–Crippen LogP) is 30.0. The number of anilines is 6. The van der Waals surface area contributed by atoms with Crippen LogP contribution in [0.3, 0.4) is 0 Å². The standard InChI is InChI=1S/C37H27NO.2C33H25NS/c1-37(2)31-15-7-5-11-26(31)27-19-18-23(22-32(27)37)38-33-21-20-25(24-10-3-4-12-28(24)33)29-14-9-17-35-36(29)30-13-6-8-16-34(30)39-35;1-33(2)27-18-15-22(21-9-4-3-5-10-21)19-26(27)24-17-16-23(20-28(24)33)34-29-12-8-14-31-32(29)25-11-6-7-13-30(25)35-31;1-33(2)27-19-22(21-9-4-3-5-10-21)15-17-24(27)25-18-16-23(20-28(25)33)34-29-12-8-14-31-32(29)26-11-6-7-13-30(26)35-31/h3-22,38H,1-2H3;2*3-20,34H,1-2H3. The molecule has 0 fully saturated rings. The maximum Gasteiger partial charge on any atom is 0.136 e. The van der Waals surface area contributed by atoms with Crippen molar-refractivity contribution in [2.45, 2.75) is 57.8 Å². The minimum Gasteiger partial charge on any atom is -0.456 e. The zero-order chi connectivity index (χ0) is 73.3. The summed E-state index contributed by atoms with van der Waals surface area (Å²) in [6.45, 7) is 14.0. The summed E-state index contributed by atoms with van der Waals surface area (Å²) in [5, 5.41) is 21.3. The average Bonchev–Trinajstić information content (AvgIpc) is 1.61. The molecule has 3 aromatic heterocycles. The SMILES string of the molecule is CC1(C)c2cc(Nc3cccc4sc5ccccc5c34)ccc2-c2ccc(-c3ccccc3)cc21.CC1(C)c2ccc(-c3ccccc3)cc2-c2ccc(Nc3cccc4sc5ccccc5c34)cc21.CC1(C)c2ccccc2-c2ccc(Nc3ccc(-c4cccc5oc6ccccc6c45)c4ccccc34)cc21. The molecule has 0 saturated carbocycles. The van der Waals surface area contributed by atoms with Crippen LogP contribution in [0.1, 0.15) is 74.9 Å². The largest absolute Gasteiger partial charge is 0.456 e. The minimum atomic E-state index is -0.0613. The molecular weight excluding hydrogens is 1360 g/mol. The zero-order valence-corrected chi connectivity index (χ0v) is 63.2. The lowest BCUT2D eigenvalue weighted by molar-refractivity contribution is 0.660. The molecule has 0 atom stereocenters. The van der Waals surface area contributed by atoms with Gasteiger partial charge in [-0.2, -0.15) is 0 Å². The van der Waals surface area contributed by atoms with Crippen LogP contribution in [0.25, 0.3) is 140 Å². The van der Waals surface area contributed by atoms with Gasteiger partial charge in [-0.15, -0.1) is 22.7 Å². The van der Waals surface area contributed by atoms with E-state index in [-0.39, 0.29) is 16.2 Å². The van der Waals surface area contributed by atoms with Crippen LogP contribution in [-0.4, -0.2) is 0 Å².